The van der Waals surface area contributed by atoms with Gasteiger partial charge in [0.1, 0.15) is 23.6 Å². The smallest absolute Gasteiger partial charge is 0.137 e. The molecule has 2 aromatic heterocycles. The third kappa shape index (κ3) is 4.46. The second-order valence-corrected chi connectivity index (χ2v) is 7.43. The van der Waals surface area contributed by atoms with Gasteiger partial charge in [0.25, 0.3) is 0 Å². The summed E-state index contributed by atoms with van der Waals surface area (Å²) in [6.45, 7) is 1.21. The maximum absolute atomic E-state index is 6.73. The highest BCUT2D eigenvalue weighted by Gasteiger charge is 2.36. The van der Waals surface area contributed by atoms with Gasteiger partial charge in [0, 0.05) is 49.2 Å². The molecule has 8 heteroatoms. The van der Waals surface area contributed by atoms with Gasteiger partial charge < -0.3 is 20.1 Å². The lowest BCUT2D eigenvalue weighted by Crippen LogP contribution is -2.60. The highest BCUT2D eigenvalue weighted by Crippen LogP contribution is 2.35. The minimum absolute atomic E-state index is 0.387. The molecule has 3 aromatic rings. The Kier molecular flexibility index (Phi) is 6.31. The molecule has 0 amide bonds. The van der Waals surface area contributed by atoms with Crippen LogP contribution in [0.4, 0.5) is 5.82 Å². The van der Waals surface area contributed by atoms with Gasteiger partial charge in [-0.1, -0.05) is 12.1 Å². The van der Waals surface area contributed by atoms with Crippen molar-refractivity contribution >= 4 is 5.82 Å². The number of ether oxygens (including phenoxy) is 2. The first-order valence-electron chi connectivity index (χ1n) is 10.2. The Bertz CT molecular complexity index is 994. The molecule has 162 valence electrons. The van der Waals surface area contributed by atoms with Gasteiger partial charge in [-0.05, 0) is 35.9 Å². The first-order valence-corrected chi connectivity index (χ1v) is 10.2. The van der Waals surface area contributed by atoms with Crippen molar-refractivity contribution in [3.8, 4) is 11.5 Å². The number of rotatable bonds is 7. The van der Waals surface area contributed by atoms with Gasteiger partial charge >= 0.3 is 0 Å². The van der Waals surface area contributed by atoms with Crippen LogP contribution in [-0.2, 0) is 13.0 Å². The summed E-state index contributed by atoms with van der Waals surface area (Å²) in [7, 11) is 3.27. The molecule has 0 radical (unpaired) electrons. The number of aromatic nitrogens is 2. The van der Waals surface area contributed by atoms with Crippen molar-refractivity contribution in [1.82, 2.24) is 14.9 Å². The lowest BCUT2D eigenvalue weighted by molar-refractivity contribution is 0.112. The monoisotopic (exact) mass is 420 g/mol. The highest BCUT2D eigenvalue weighted by atomic mass is 16.5. The number of pyridine rings is 2. The Morgan fingerprint density at radius 1 is 0.935 bits per heavy atom. The van der Waals surface area contributed by atoms with Crippen LogP contribution in [0.15, 0.2) is 60.9 Å². The number of methoxy groups -OCH3 is 2. The molecule has 3 heterocycles. The van der Waals surface area contributed by atoms with Crippen molar-refractivity contribution in [2.45, 2.75) is 25.4 Å². The van der Waals surface area contributed by atoms with E-state index in [1.165, 1.54) is 0 Å². The first kappa shape index (κ1) is 21.0. The summed E-state index contributed by atoms with van der Waals surface area (Å²) < 4.78 is 10.8. The van der Waals surface area contributed by atoms with Crippen LogP contribution >= 0.6 is 0 Å². The number of nitrogens with zero attached hydrogens (tertiary/aromatic N) is 4. The van der Waals surface area contributed by atoms with Crippen LogP contribution in [0.2, 0.25) is 0 Å². The fourth-order valence-corrected chi connectivity index (χ4v) is 3.91. The molecule has 2 atom stereocenters. The van der Waals surface area contributed by atoms with Crippen LogP contribution in [0, 0.1) is 0 Å². The first-order chi connectivity index (χ1) is 15.1. The maximum Gasteiger partial charge on any atom is 0.137 e. The van der Waals surface area contributed by atoms with Gasteiger partial charge in [-0.2, -0.15) is 0 Å². The minimum Gasteiger partial charge on any atom is -0.497 e. The van der Waals surface area contributed by atoms with Gasteiger partial charge in [0.2, 0.25) is 0 Å². The van der Waals surface area contributed by atoms with Crippen LogP contribution in [0.25, 0.3) is 0 Å². The molecule has 1 aliphatic rings. The summed E-state index contributed by atoms with van der Waals surface area (Å²) >= 11 is 0. The lowest BCUT2D eigenvalue weighted by atomic mass is 10.1. The number of hydrogen-bond donors (Lipinski definition) is 2. The number of fused-ring (bicyclic) bond motifs is 1. The second-order valence-electron chi connectivity index (χ2n) is 7.43. The number of anilines is 1. The fraction of sp³-hybridized carbons (Fsp3) is 0.304. The average molecular weight is 421 g/mol. The van der Waals surface area contributed by atoms with Crippen molar-refractivity contribution < 1.29 is 9.47 Å². The molecule has 0 saturated heterocycles. The van der Waals surface area contributed by atoms with Gasteiger partial charge in [-0.15, -0.1) is 0 Å². The predicted molar refractivity (Wildman–Crippen MR) is 120 cm³/mol. The molecular weight excluding hydrogens is 392 g/mol. The molecule has 4 rings (SSSR count). The molecule has 0 fully saturated rings. The topological polar surface area (TPSA) is 103 Å². The van der Waals surface area contributed by atoms with Crippen molar-refractivity contribution in [3.05, 3.63) is 77.7 Å². The SMILES string of the molecule is COc1cc(CN2C(N)c3cccnc3N(CCc3ccccn3)C2N)cc(OC)c1. The molecule has 0 saturated carbocycles. The van der Waals surface area contributed by atoms with Gasteiger partial charge in [0.15, 0.2) is 0 Å². The summed E-state index contributed by atoms with van der Waals surface area (Å²) in [5.74, 6) is 2.27. The maximum atomic E-state index is 6.73. The van der Waals surface area contributed by atoms with E-state index in [9.17, 15) is 0 Å². The molecule has 0 aliphatic carbocycles. The molecule has 0 bridgehead atoms. The van der Waals surface area contributed by atoms with Crippen LogP contribution in [0.3, 0.4) is 0 Å². The lowest BCUT2D eigenvalue weighted by Gasteiger charge is -2.46. The molecule has 0 spiro atoms. The zero-order valence-electron chi connectivity index (χ0n) is 17.8. The Morgan fingerprint density at radius 3 is 2.35 bits per heavy atom. The predicted octanol–water partition coefficient (Wildman–Crippen LogP) is 2.26. The Balaban J connectivity index is 1.63. The summed E-state index contributed by atoms with van der Waals surface area (Å²) in [4.78, 5) is 13.2. The van der Waals surface area contributed by atoms with Crippen molar-refractivity contribution in [3.63, 3.8) is 0 Å². The van der Waals surface area contributed by atoms with Crippen LogP contribution in [0.1, 0.15) is 23.0 Å². The standard InChI is InChI=1S/C23H28N6O2/c1-30-18-12-16(13-19(14-18)31-2)15-29-21(24)20-7-5-10-27-22(20)28(23(29)25)11-8-17-6-3-4-9-26-17/h3-7,9-10,12-14,21,23H,8,11,15,24-25H2,1-2H3. The zero-order valence-corrected chi connectivity index (χ0v) is 17.8. The van der Waals surface area contributed by atoms with E-state index in [0.717, 1.165) is 40.6 Å². The molecule has 31 heavy (non-hydrogen) atoms. The number of hydrogen-bond acceptors (Lipinski definition) is 8. The zero-order chi connectivity index (χ0) is 21.8. The summed E-state index contributed by atoms with van der Waals surface area (Å²) in [6.07, 6.45) is 3.49. The second kappa shape index (κ2) is 9.30. The average Bonchev–Trinajstić information content (AvgIpc) is 2.82. The van der Waals surface area contributed by atoms with E-state index in [1.807, 2.05) is 48.5 Å². The van der Waals surface area contributed by atoms with E-state index in [4.69, 9.17) is 20.9 Å². The van der Waals surface area contributed by atoms with Gasteiger partial charge in [-0.3, -0.25) is 10.7 Å². The van der Waals surface area contributed by atoms with E-state index in [1.54, 1.807) is 26.6 Å². The highest BCUT2D eigenvalue weighted by molar-refractivity contribution is 5.51. The summed E-state index contributed by atoms with van der Waals surface area (Å²) in [5.41, 5.74) is 16.3. The van der Waals surface area contributed by atoms with Crippen molar-refractivity contribution in [2.24, 2.45) is 11.5 Å². The normalized spacial score (nSPS) is 18.5. The van der Waals surface area contributed by atoms with Gasteiger partial charge in [0.05, 0.1) is 20.4 Å². The molecule has 4 N–H and O–H groups in total. The van der Waals surface area contributed by atoms with Crippen LogP contribution in [0.5, 0.6) is 11.5 Å². The quantitative estimate of drug-likeness (QED) is 0.600. The Morgan fingerprint density at radius 2 is 1.68 bits per heavy atom. The molecule has 2 unspecified atom stereocenters. The summed E-state index contributed by atoms with van der Waals surface area (Å²) in [5, 5.41) is 0. The van der Waals surface area contributed by atoms with Crippen LogP contribution < -0.4 is 25.8 Å². The van der Waals surface area contributed by atoms with Crippen molar-refractivity contribution in [1.29, 1.82) is 0 Å². The molecule has 8 nitrogen and oxygen atoms in total. The van der Waals surface area contributed by atoms with Crippen LogP contribution in [-0.4, -0.2) is 41.9 Å². The van der Waals surface area contributed by atoms with Crippen molar-refractivity contribution in [2.75, 3.05) is 25.7 Å². The van der Waals surface area contributed by atoms with E-state index in [-0.39, 0.29) is 6.17 Å². The summed E-state index contributed by atoms with van der Waals surface area (Å²) in [6, 6.07) is 15.6. The third-order valence-electron chi connectivity index (χ3n) is 5.54. The van der Waals surface area contributed by atoms with E-state index >= 15 is 0 Å². The molecule has 1 aromatic carbocycles. The van der Waals surface area contributed by atoms with E-state index in [2.05, 4.69) is 19.8 Å². The molecular formula is C23H28N6O2. The Labute approximate surface area is 182 Å². The minimum atomic E-state index is -0.446. The number of benzene rings is 1. The third-order valence-corrected chi connectivity index (χ3v) is 5.54. The van der Waals surface area contributed by atoms with E-state index < -0.39 is 6.29 Å². The molecule has 1 aliphatic heterocycles. The van der Waals surface area contributed by atoms with E-state index in [0.29, 0.717) is 13.1 Å². The number of nitrogens with two attached hydrogens (primary N) is 2. The van der Waals surface area contributed by atoms with Gasteiger partial charge in [-0.25, -0.2) is 9.88 Å². The largest absolute Gasteiger partial charge is 0.497 e. The fourth-order valence-electron chi connectivity index (χ4n) is 3.91. The Hall–Kier alpha value is -3.20.